The van der Waals surface area contributed by atoms with Gasteiger partial charge in [0.2, 0.25) is 5.13 Å². The molecule has 9 heteroatoms. The number of anilines is 1. The zero-order valence-corrected chi connectivity index (χ0v) is 14.5. The number of thiazole rings is 1. The molecule has 0 unspecified atom stereocenters. The summed E-state index contributed by atoms with van der Waals surface area (Å²) in [4.78, 5) is 3.47. The standard InChI is InChI=1S/C17H10ClF4N3S/c18-12-5-1-10(2-6-12)9-23-25-16-24-15(17(20,21)22)14(26-16)11-3-7-13(19)8-4-11/h1-9H,(H,24,25)/b23-9-. The first-order valence-corrected chi connectivity index (χ1v) is 8.41. The van der Waals surface area contributed by atoms with Crippen molar-refractivity contribution in [2.75, 3.05) is 5.43 Å². The van der Waals surface area contributed by atoms with Crippen molar-refractivity contribution in [1.82, 2.24) is 4.98 Å². The first kappa shape index (κ1) is 18.3. The van der Waals surface area contributed by atoms with Crippen LogP contribution in [0.4, 0.5) is 22.7 Å². The van der Waals surface area contributed by atoms with E-state index in [9.17, 15) is 17.6 Å². The molecule has 2 aromatic carbocycles. The third kappa shape index (κ3) is 4.39. The molecule has 3 aromatic rings. The van der Waals surface area contributed by atoms with E-state index in [2.05, 4.69) is 15.5 Å². The Morgan fingerprint density at radius 3 is 2.31 bits per heavy atom. The molecule has 134 valence electrons. The number of hydrazone groups is 1. The van der Waals surface area contributed by atoms with Crippen LogP contribution >= 0.6 is 22.9 Å². The van der Waals surface area contributed by atoms with Crippen molar-refractivity contribution in [3.8, 4) is 10.4 Å². The Bertz CT molecular complexity index is 919. The van der Waals surface area contributed by atoms with Gasteiger partial charge in [0.15, 0.2) is 5.69 Å². The lowest BCUT2D eigenvalue weighted by Gasteiger charge is -2.05. The van der Waals surface area contributed by atoms with Gasteiger partial charge < -0.3 is 0 Å². The van der Waals surface area contributed by atoms with Gasteiger partial charge in [-0.25, -0.2) is 9.37 Å². The third-order valence-corrected chi connectivity index (χ3v) is 4.51. The average Bonchev–Trinajstić information content (AvgIpc) is 3.02. The van der Waals surface area contributed by atoms with Crippen LogP contribution in [0.2, 0.25) is 5.02 Å². The van der Waals surface area contributed by atoms with E-state index in [4.69, 9.17) is 11.6 Å². The molecule has 26 heavy (non-hydrogen) atoms. The van der Waals surface area contributed by atoms with Crippen molar-refractivity contribution in [3.05, 3.63) is 70.6 Å². The highest BCUT2D eigenvalue weighted by Crippen LogP contribution is 2.41. The number of aromatic nitrogens is 1. The Kier molecular flexibility index (Phi) is 5.24. The van der Waals surface area contributed by atoms with Crippen LogP contribution in [0.1, 0.15) is 11.3 Å². The molecule has 0 aliphatic rings. The third-order valence-electron chi connectivity index (χ3n) is 3.25. The molecule has 0 aliphatic carbocycles. The van der Waals surface area contributed by atoms with E-state index in [1.807, 2.05) is 0 Å². The quantitative estimate of drug-likeness (QED) is 0.328. The predicted molar refractivity (Wildman–Crippen MR) is 95.2 cm³/mol. The number of halogens is 5. The highest BCUT2D eigenvalue weighted by atomic mass is 35.5. The minimum absolute atomic E-state index is 0.0261. The fraction of sp³-hybridized carbons (Fsp3) is 0.0588. The Labute approximate surface area is 155 Å². The van der Waals surface area contributed by atoms with Gasteiger partial charge >= 0.3 is 6.18 Å². The number of hydrogen-bond acceptors (Lipinski definition) is 4. The molecule has 0 aliphatic heterocycles. The largest absolute Gasteiger partial charge is 0.434 e. The molecule has 1 N–H and O–H groups in total. The van der Waals surface area contributed by atoms with Crippen LogP contribution in [0, 0.1) is 5.82 Å². The number of nitrogens with zero attached hydrogens (tertiary/aromatic N) is 2. The Hall–Kier alpha value is -2.45. The zero-order valence-electron chi connectivity index (χ0n) is 12.9. The topological polar surface area (TPSA) is 37.3 Å². The number of hydrogen-bond donors (Lipinski definition) is 1. The van der Waals surface area contributed by atoms with Crippen molar-refractivity contribution in [2.45, 2.75) is 6.18 Å². The lowest BCUT2D eigenvalue weighted by molar-refractivity contribution is -0.140. The highest BCUT2D eigenvalue weighted by molar-refractivity contribution is 7.19. The van der Waals surface area contributed by atoms with Gasteiger partial charge in [0.25, 0.3) is 0 Å². The Morgan fingerprint density at radius 2 is 1.69 bits per heavy atom. The second-order valence-electron chi connectivity index (χ2n) is 5.12. The maximum absolute atomic E-state index is 13.2. The van der Waals surface area contributed by atoms with Crippen molar-refractivity contribution >= 4 is 34.3 Å². The van der Waals surface area contributed by atoms with Gasteiger partial charge in [0.1, 0.15) is 5.82 Å². The fourth-order valence-corrected chi connectivity index (χ4v) is 3.13. The number of alkyl halides is 3. The van der Waals surface area contributed by atoms with Crippen LogP contribution in [0.5, 0.6) is 0 Å². The SMILES string of the molecule is Fc1ccc(-c2sc(N/N=C\c3ccc(Cl)cc3)nc2C(F)(F)F)cc1. The van der Waals surface area contributed by atoms with Gasteiger partial charge in [-0.05, 0) is 35.4 Å². The van der Waals surface area contributed by atoms with E-state index in [1.54, 1.807) is 24.3 Å². The van der Waals surface area contributed by atoms with E-state index in [1.165, 1.54) is 18.3 Å². The second kappa shape index (κ2) is 7.43. The van der Waals surface area contributed by atoms with Gasteiger partial charge in [-0.2, -0.15) is 18.3 Å². The molecule has 0 atom stereocenters. The van der Waals surface area contributed by atoms with Crippen LogP contribution in [-0.2, 0) is 6.18 Å². The van der Waals surface area contributed by atoms with E-state index in [0.717, 1.165) is 23.5 Å². The minimum Gasteiger partial charge on any atom is -0.253 e. The molecule has 0 fully saturated rings. The van der Waals surface area contributed by atoms with Crippen molar-refractivity contribution in [1.29, 1.82) is 0 Å². The van der Waals surface area contributed by atoms with Crippen LogP contribution in [0.25, 0.3) is 10.4 Å². The molecular formula is C17H10ClF4N3S. The van der Waals surface area contributed by atoms with Gasteiger partial charge in [-0.15, -0.1) is 0 Å². The van der Waals surface area contributed by atoms with Crippen LogP contribution in [-0.4, -0.2) is 11.2 Å². The molecule has 3 rings (SSSR count). The Balaban J connectivity index is 1.86. The number of rotatable bonds is 4. The van der Waals surface area contributed by atoms with Gasteiger partial charge in [0.05, 0.1) is 11.1 Å². The molecular weight excluding hydrogens is 390 g/mol. The van der Waals surface area contributed by atoms with Crippen molar-refractivity contribution < 1.29 is 17.6 Å². The van der Waals surface area contributed by atoms with Crippen LogP contribution in [0.15, 0.2) is 53.6 Å². The van der Waals surface area contributed by atoms with E-state index in [-0.39, 0.29) is 15.6 Å². The summed E-state index contributed by atoms with van der Waals surface area (Å²) in [6, 6.07) is 11.5. The van der Waals surface area contributed by atoms with Crippen molar-refractivity contribution in [3.63, 3.8) is 0 Å². The summed E-state index contributed by atoms with van der Waals surface area (Å²) in [5.74, 6) is -0.530. The van der Waals surface area contributed by atoms with E-state index < -0.39 is 17.7 Å². The first-order chi connectivity index (χ1) is 12.3. The van der Waals surface area contributed by atoms with Gasteiger partial charge in [-0.3, -0.25) is 5.43 Å². The molecule has 0 radical (unpaired) electrons. The minimum atomic E-state index is -4.64. The summed E-state index contributed by atoms with van der Waals surface area (Å²) in [7, 11) is 0. The molecule has 0 bridgehead atoms. The van der Waals surface area contributed by atoms with E-state index >= 15 is 0 Å². The molecule has 0 saturated heterocycles. The summed E-state index contributed by atoms with van der Waals surface area (Å²) in [5, 5.41) is 4.43. The maximum atomic E-state index is 13.2. The lowest BCUT2D eigenvalue weighted by Crippen LogP contribution is -2.07. The Morgan fingerprint density at radius 1 is 1.04 bits per heavy atom. The molecule has 0 spiro atoms. The highest BCUT2D eigenvalue weighted by Gasteiger charge is 2.38. The maximum Gasteiger partial charge on any atom is 0.434 e. The molecule has 1 aromatic heterocycles. The molecule has 1 heterocycles. The number of nitrogens with one attached hydrogen (secondary N) is 1. The average molecular weight is 400 g/mol. The normalized spacial score (nSPS) is 11.9. The molecule has 0 amide bonds. The predicted octanol–water partition coefficient (Wildman–Crippen LogP) is 6.07. The van der Waals surface area contributed by atoms with Gasteiger partial charge in [-0.1, -0.05) is 47.2 Å². The summed E-state index contributed by atoms with van der Waals surface area (Å²) < 4.78 is 52.7. The summed E-state index contributed by atoms with van der Waals surface area (Å²) in [6.45, 7) is 0. The summed E-state index contributed by atoms with van der Waals surface area (Å²) in [5.41, 5.74) is 2.39. The molecule has 0 saturated carbocycles. The van der Waals surface area contributed by atoms with Crippen LogP contribution < -0.4 is 5.43 Å². The summed E-state index contributed by atoms with van der Waals surface area (Å²) >= 11 is 6.56. The fourth-order valence-electron chi connectivity index (χ4n) is 2.07. The van der Waals surface area contributed by atoms with E-state index in [0.29, 0.717) is 10.6 Å². The molecule has 3 nitrogen and oxygen atoms in total. The smallest absolute Gasteiger partial charge is 0.253 e. The second-order valence-corrected chi connectivity index (χ2v) is 6.56. The van der Waals surface area contributed by atoms with Crippen molar-refractivity contribution in [2.24, 2.45) is 5.10 Å². The zero-order chi connectivity index (χ0) is 18.7. The summed E-state index contributed by atoms with van der Waals surface area (Å²) in [6.07, 6.45) is -3.21. The number of benzene rings is 2. The van der Waals surface area contributed by atoms with Gasteiger partial charge in [0, 0.05) is 5.02 Å². The lowest BCUT2D eigenvalue weighted by atomic mass is 10.1. The first-order valence-electron chi connectivity index (χ1n) is 7.21. The monoisotopic (exact) mass is 399 g/mol. The van der Waals surface area contributed by atoms with Crippen LogP contribution in [0.3, 0.4) is 0 Å².